The number of benzene rings is 1. The first-order chi connectivity index (χ1) is 9.54. The third-order valence-corrected chi connectivity index (χ3v) is 5.61. The van der Waals surface area contributed by atoms with Crippen LogP contribution in [-0.2, 0) is 0 Å². The molecule has 0 spiro atoms. The van der Waals surface area contributed by atoms with Crippen molar-refractivity contribution in [3.8, 4) is 0 Å². The molecule has 1 aromatic carbocycles. The minimum Gasteiger partial charge on any atom is -0.339 e. The van der Waals surface area contributed by atoms with Gasteiger partial charge in [0.15, 0.2) is 0 Å². The lowest BCUT2D eigenvalue weighted by Gasteiger charge is -2.35. The average molecular weight is 421 g/mol. The second-order valence-electron chi connectivity index (χ2n) is 6.16. The van der Waals surface area contributed by atoms with Crippen LogP contribution in [0.3, 0.4) is 0 Å². The first-order valence-corrected chi connectivity index (χ1v) is 8.42. The molecule has 5 heteroatoms. The lowest BCUT2D eigenvalue weighted by molar-refractivity contribution is 0.0680. The first kappa shape index (κ1) is 17.0. The maximum atomic E-state index is 12.8. The number of hydrogen-bond donors (Lipinski definition) is 1. The lowest BCUT2D eigenvalue weighted by atomic mass is 9.98. The summed E-state index contributed by atoms with van der Waals surface area (Å²) in [7, 11) is 1.97. The Kier molecular flexibility index (Phi) is 5.54. The fraction of sp³-hybridized carbons (Fsp3) is 0.562. The topological polar surface area (TPSA) is 32.3 Å². The molecule has 2 heterocycles. The van der Waals surface area contributed by atoms with E-state index in [0.717, 1.165) is 27.5 Å². The third-order valence-electron chi connectivity index (χ3n) is 4.67. The smallest absolute Gasteiger partial charge is 0.254 e. The van der Waals surface area contributed by atoms with Crippen molar-refractivity contribution in [3.05, 3.63) is 32.9 Å². The summed E-state index contributed by atoms with van der Waals surface area (Å²) in [5, 5.41) is 3.63. The molecule has 1 amide bonds. The number of amides is 1. The molecule has 116 valence electrons. The standard InChI is InChI=1S/C16H21IN2O.ClH/c1-10-3-6-15(17)14(7-10)16(20)19(2)13-8-11-4-5-12(9-13)18-11;/h3,6-7,11-13,18H,4-5,8-9H2,1-2H3;1H. The molecule has 3 rings (SSSR count). The van der Waals surface area contributed by atoms with Gasteiger partial charge < -0.3 is 10.2 Å². The number of piperidine rings is 1. The van der Waals surface area contributed by atoms with Crippen LogP contribution in [-0.4, -0.2) is 36.0 Å². The molecule has 2 saturated heterocycles. The van der Waals surface area contributed by atoms with E-state index < -0.39 is 0 Å². The zero-order chi connectivity index (χ0) is 14.3. The number of aryl methyl sites for hydroxylation is 1. The normalized spacial score (nSPS) is 27.1. The zero-order valence-electron chi connectivity index (χ0n) is 12.4. The number of halogens is 2. The summed E-state index contributed by atoms with van der Waals surface area (Å²) >= 11 is 2.26. The van der Waals surface area contributed by atoms with Crippen LogP contribution >= 0.6 is 35.0 Å². The van der Waals surface area contributed by atoms with Gasteiger partial charge in [-0.2, -0.15) is 0 Å². The van der Waals surface area contributed by atoms with Crippen LogP contribution in [0.4, 0.5) is 0 Å². The Labute approximate surface area is 146 Å². The quantitative estimate of drug-likeness (QED) is 0.744. The third kappa shape index (κ3) is 3.54. The molecule has 1 aromatic rings. The molecule has 2 aliphatic heterocycles. The molecule has 3 nitrogen and oxygen atoms in total. The summed E-state index contributed by atoms with van der Waals surface area (Å²) in [6, 6.07) is 7.72. The molecule has 2 aliphatic rings. The van der Waals surface area contributed by atoms with Gasteiger partial charge in [-0.25, -0.2) is 0 Å². The second-order valence-corrected chi connectivity index (χ2v) is 7.32. The van der Waals surface area contributed by atoms with E-state index >= 15 is 0 Å². The predicted octanol–water partition coefficient (Wildman–Crippen LogP) is 3.38. The summed E-state index contributed by atoms with van der Waals surface area (Å²) in [5.74, 6) is 0.171. The van der Waals surface area contributed by atoms with Crippen molar-refractivity contribution in [1.82, 2.24) is 10.2 Å². The summed E-state index contributed by atoms with van der Waals surface area (Å²) in [6.07, 6.45) is 4.73. The second kappa shape index (κ2) is 6.84. The van der Waals surface area contributed by atoms with Gasteiger partial charge in [-0.3, -0.25) is 4.79 Å². The van der Waals surface area contributed by atoms with E-state index in [4.69, 9.17) is 0 Å². The Bertz CT molecular complexity index is 525. The summed E-state index contributed by atoms with van der Waals surface area (Å²) < 4.78 is 1.04. The van der Waals surface area contributed by atoms with Crippen molar-refractivity contribution in [2.45, 2.75) is 50.7 Å². The van der Waals surface area contributed by atoms with Crippen LogP contribution in [0.5, 0.6) is 0 Å². The van der Waals surface area contributed by atoms with Gasteiger partial charge >= 0.3 is 0 Å². The molecule has 1 N–H and O–H groups in total. The Morgan fingerprint density at radius 3 is 2.52 bits per heavy atom. The van der Waals surface area contributed by atoms with E-state index in [0.29, 0.717) is 18.1 Å². The number of nitrogens with one attached hydrogen (secondary N) is 1. The highest BCUT2D eigenvalue weighted by atomic mass is 127. The highest BCUT2D eigenvalue weighted by Gasteiger charge is 2.36. The fourth-order valence-corrected chi connectivity index (χ4v) is 4.07. The van der Waals surface area contributed by atoms with Gasteiger partial charge in [-0.15, -0.1) is 12.4 Å². The summed E-state index contributed by atoms with van der Waals surface area (Å²) in [5.41, 5.74) is 1.99. The monoisotopic (exact) mass is 420 g/mol. The number of fused-ring (bicyclic) bond motifs is 2. The zero-order valence-corrected chi connectivity index (χ0v) is 15.4. The van der Waals surface area contributed by atoms with Gasteiger partial charge in [0, 0.05) is 28.7 Å². The Hall–Kier alpha value is -0.330. The Morgan fingerprint density at radius 2 is 1.90 bits per heavy atom. The van der Waals surface area contributed by atoms with Gasteiger partial charge in [0.25, 0.3) is 5.91 Å². The number of carbonyl (C=O) groups is 1. The molecule has 0 aromatic heterocycles. The molecule has 2 fully saturated rings. The molecule has 21 heavy (non-hydrogen) atoms. The Balaban J connectivity index is 0.00000161. The van der Waals surface area contributed by atoms with Crippen LogP contribution in [0.1, 0.15) is 41.6 Å². The highest BCUT2D eigenvalue weighted by Crippen LogP contribution is 2.30. The van der Waals surface area contributed by atoms with E-state index in [2.05, 4.69) is 34.0 Å². The maximum Gasteiger partial charge on any atom is 0.254 e. The van der Waals surface area contributed by atoms with E-state index in [1.54, 1.807) is 0 Å². The maximum absolute atomic E-state index is 12.8. The fourth-order valence-electron chi connectivity index (χ4n) is 3.50. The van der Waals surface area contributed by atoms with Gasteiger partial charge in [0.1, 0.15) is 0 Å². The van der Waals surface area contributed by atoms with Crippen LogP contribution in [0.15, 0.2) is 18.2 Å². The molecule has 2 bridgehead atoms. The first-order valence-electron chi connectivity index (χ1n) is 7.34. The van der Waals surface area contributed by atoms with E-state index in [9.17, 15) is 4.79 Å². The SMILES string of the molecule is Cc1ccc(I)c(C(=O)N(C)C2CC3CCC(C2)N3)c1.Cl. The van der Waals surface area contributed by atoms with E-state index in [1.165, 1.54) is 12.8 Å². The van der Waals surface area contributed by atoms with Crippen molar-refractivity contribution in [2.75, 3.05) is 7.05 Å². The summed E-state index contributed by atoms with van der Waals surface area (Å²) in [6.45, 7) is 2.04. The minimum atomic E-state index is 0. The molecule has 2 unspecified atom stereocenters. The molecule has 0 saturated carbocycles. The van der Waals surface area contributed by atoms with Crippen molar-refractivity contribution in [2.24, 2.45) is 0 Å². The van der Waals surface area contributed by atoms with Gasteiger partial charge in [-0.1, -0.05) is 11.6 Å². The van der Waals surface area contributed by atoms with E-state index in [-0.39, 0.29) is 18.3 Å². The van der Waals surface area contributed by atoms with Gasteiger partial charge in [0.2, 0.25) is 0 Å². The number of hydrogen-bond acceptors (Lipinski definition) is 2. The summed E-state index contributed by atoms with van der Waals surface area (Å²) in [4.78, 5) is 14.7. The average Bonchev–Trinajstić information content (AvgIpc) is 2.78. The largest absolute Gasteiger partial charge is 0.339 e. The van der Waals surface area contributed by atoms with Crippen molar-refractivity contribution in [1.29, 1.82) is 0 Å². The van der Waals surface area contributed by atoms with Crippen LogP contribution in [0.25, 0.3) is 0 Å². The molecular formula is C16H22ClIN2O. The lowest BCUT2D eigenvalue weighted by Crippen LogP contribution is -2.48. The molecule has 0 radical (unpaired) electrons. The Morgan fingerprint density at radius 1 is 1.29 bits per heavy atom. The van der Waals surface area contributed by atoms with Crippen LogP contribution in [0, 0.1) is 10.5 Å². The molecular weight excluding hydrogens is 399 g/mol. The van der Waals surface area contributed by atoms with E-state index in [1.807, 2.05) is 31.0 Å². The van der Waals surface area contributed by atoms with Gasteiger partial charge in [0.05, 0.1) is 5.56 Å². The van der Waals surface area contributed by atoms with Crippen LogP contribution < -0.4 is 5.32 Å². The molecule has 2 atom stereocenters. The highest BCUT2D eigenvalue weighted by molar-refractivity contribution is 14.1. The number of carbonyl (C=O) groups excluding carboxylic acids is 1. The van der Waals surface area contributed by atoms with Gasteiger partial charge in [-0.05, 0) is 67.3 Å². The van der Waals surface area contributed by atoms with Crippen molar-refractivity contribution < 1.29 is 4.79 Å². The number of rotatable bonds is 2. The predicted molar refractivity (Wildman–Crippen MR) is 96.2 cm³/mol. The molecule has 0 aliphatic carbocycles. The van der Waals surface area contributed by atoms with Crippen molar-refractivity contribution in [3.63, 3.8) is 0 Å². The van der Waals surface area contributed by atoms with Crippen molar-refractivity contribution >= 4 is 40.9 Å². The number of nitrogens with zero attached hydrogens (tertiary/aromatic N) is 1. The minimum absolute atomic E-state index is 0. The van der Waals surface area contributed by atoms with Crippen LogP contribution in [0.2, 0.25) is 0 Å².